The van der Waals surface area contributed by atoms with E-state index in [1.54, 1.807) is 6.07 Å². The molecule has 3 aromatic carbocycles. The topological polar surface area (TPSA) is 41.5 Å². The summed E-state index contributed by atoms with van der Waals surface area (Å²) in [4.78, 5) is 0. The van der Waals surface area contributed by atoms with Gasteiger partial charge < -0.3 is 15.2 Å². The standard InChI is InChI=1S/C22H23Cl2NO2/c23-20-9-7-16(13-21(20)24)15-27-22-10-8-17-5-1-2-6-18(17)19(22)14-25-11-3-4-12-26/h1-2,5-10,13,25-26H,3-4,11-12,14-15H2. The fourth-order valence-corrected chi connectivity index (χ4v) is 3.32. The molecule has 0 saturated heterocycles. The van der Waals surface area contributed by atoms with Crippen LogP contribution in [0.1, 0.15) is 24.0 Å². The molecule has 0 spiro atoms. The van der Waals surface area contributed by atoms with Crippen LogP contribution in [0.25, 0.3) is 10.8 Å². The van der Waals surface area contributed by atoms with E-state index in [1.165, 1.54) is 10.8 Å². The van der Waals surface area contributed by atoms with Crippen molar-refractivity contribution in [2.45, 2.75) is 26.0 Å². The van der Waals surface area contributed by atoms with Crippen LogP contribution in [0.2, 0.25) is 10.0 Å². The van der Waals surface area contributed by atoms with Crippen molar-refractivity contribution in [3.8, 4) is 5.75 Å². The van der Waals surface area contributed by atoms with Gasteiger partial charge in [0.1, 0.15) is 12.4 Å². The first-order valence-corrected chi connectivity index (χ1v) is 9.83. The maximum Gasteiger partial charge on any atom is 0.124 e. The summed E-state index contributed by atoms with van der Waals surface area (Å²) in [6.07, 6.45) is 1.75. The Hall–Kier alpha value is -1.78. The molecule has 0 aliphatic heterocycles. The van der Waals surface area contributed by atoms with E-state index >= 15 is 0 Å². The molecule has 0 atom stereocenters. The molecular formula is C22H23Cl2NO2. The molecule has 0 radical (unpaired) electrons. The zero-order valence-corrected chi connectivity index (χ0v) is 16.6. The number of fused-ring (bicyclic) bond motifs is 1. The minimum atomic E-state index is 0.230. The SMILES string of the molecule is OCCCCNCc1c(OCc2ccc(Cl)c(Cl)c2)ccc2ccccc12. The Labute approximate surface area is 169 Å². The van der Waals surface area contributed by atoms with E-state index in [0.717, 1.165) is 36.3 Å². The molecule has 0 aliphatic rings. The van der Waals surface area contributed by atoms with Gasteiger partial charge in [-0.05, 0) is 53.9 Å². The van der Waals surface area contributed by atoms with Gasteiger partial charge in [0, 0.05) is 18.7 Å². The third-order valence-corrected chi connectivity index (χ3v) is 5.18. The van der Waals surface area contributed by atoms with Crippen LogP contribution in [-0.4, -0.2) is 18.3 Å². The fourth-order valence-electron chi connectivity index (χ4n) is 3.00. The van der Waals surface area contributed by atoms with Gasteiger partial charge in [-0.1, -0.05) is 59.6 Å². The Morgan fingerprint density at radius 1 is 0.926 bits per heavy atom. The summed E-state index contributed by atoms with van der Waals surface area (Å²) in [5, 5.41) is 15.8. The van der Waals surface area contributed by atoms with E-state index in [4.69, 9.17) is 33.0 Å². The predicted molar refractivity (Wildman–Crippen MR) is 113 cm³/mol. The molecule has 0 unspecified atom stereocenters. The molecule has 0 bridgehead atoms. The molecule has 0 saturated carbocycles. The summed E-state index contributed by atoms with van der Waals surface area (Å²) >= 11 is 12.1. The van der Waals surface area contributed by atoms with Gasteiger partial charge in [0.15, 0.2) is 0 Å². The highest BCUT2D eigenvalue weighted by molar-refractivity contribution is 6.42. The summed E-state index contributed by atoms with van der Waals surface area (Å²) in [7, 11) is 0. The van der Waals surface area contributed by atoms with Crippen LogP contribution in [-0.2, 0) is 13.2 Å². The third-order valence-electron chi connectivity index (χ3n) is 4.44. The van der Waals surface area contributed by atoms with Crippen molar-refractivity contribution in [1.29, 1.82) is 0 Å². The summed E-state index contributed by atoms with van der Waals surface area (Å²) < 4.78 is 6.12. The molecule has 3 aromatic rings. The molecule has 3 rings (SSSR count). The van der Waals surface area contributed by atoms with Crippen LogP contribution in [0, 0.1) is 0 Å². The Kier molecular flexibility index (Phi) is 7.36. The number of rotatable bonds is 9. The van der Waals surface area contributed by atoms with Crippen LogP contribution in [0.15, 0.2) is 54.6 Å². The maximum absolute atomic E-state index is 8.92. The summed E-state index contributed by atoms with van der Waals surface area (Å²) in [5.41, 5.74) is 2.11. The van der Waals surface area contributed by atoms with E-state index in [9.17, 15) is 0 Å². The number of benzene rings is 3. The van der Waals surface area contributed by atoms with E-state index in [1.807, 2.05) is 30.3 Å². The molecule has 0 fully saturated rings. The lowest BCUT2D eigenvalue weighted by atomic mass is 10.0. The first-order valence-electron chi connectivity index (χ1n) is 9.08. The molecule has 0 heterocycles. The molecule has 5 heteroatoms. The van der Waals surface area contributed by atoms with Gasteiger partial charge in [-0.3, -0.25) is 0 Å². The zero-order valence-electron chi connectivity index (χ0n) is 15.1. The Bertz CT molecular complexity index is 899. The fraction of sp³-hybridized carbons (Fsp3) is 0.273. The number of hydrogen-bond acceptors (Lipinski definition) is 3. The molecular weight excluding hydrogens is 381 g/mol. The lowest BCUT2D eigenvalue weighted by Gasteiger charge is -2.15. The second-order valence-corrected chi connectivity index (χ2v) is 7.22. The average Bonchev–Trinajstić information content (AvgIpc) is 2.69. The lowest BCUT2D eigenvalue weighted by molar-refractivity contribution is 0.283. The highest BCUT2D eigenvalue weighted by Gasteiger charge is 2.09. The number of hydrogen-bond donors (Lipinski definition) is 2. The summed E-state index contributed by atoms with van der Waals surface area (Å²) in [6.45, 7) is 2.22. The van der Waals surface area contributed by atoms with Crippen molar-refractivity contribution < 1.29 is 9.84 Å². The van der Waals surface area contributed by atoms with Crippen LogP contribution >= 0.6 is 23.2 Å². The quantitative estimate of drug-likeness (QED) is 0.457. The molecule has 3 nitrogen and oxygen atoms in total. The Balaban J connectivity index is 1.78. The van der Waals surface area contributed by atoms with E-state index in [0.29, 0.717) is 23.2 Å². The number of nitrogens with one attached hydrogen (secondary N) is 1. The highest BCUT2D eigenvalue weighted by atomic mass is 35.5. The van der Waals surface area contributed by atoms with Gasteiger partial charge in [0.2, 0.25) is 0 Å². The number of unbranched alkanes of at least 4 members (excludes halogenated alkanes) is 1. The van der Waals surface area contributed by atoms with Crippen molar-refractivity contribution in [2.75, 3.05) is 13.2 Å². The van der Waals surface area contributed by atoms with Crippen molar-refractivity contribution in [3.63, 3.8) is 0 Å². The smallest absolute Gasteiger partial charge is 0.124 e. The van der Waals surface area contributed by atoms with Gasteiger partial charge in [-0.25, -0.2) is 0 Å². The second-order valence-electron chi connectivity index (χ2n) is 6.41. The van der Waals surface area contributed by atoms with Gasteiger partial charge in [0.25, 0.3) is 0 Å². The number of ether oxygens (including phenoxy) is 1. The normalized spacial score (nSPS) is 11.1. The van der Waals surface area contributed by atoms with Crippen molar-refractivity contribution >= 4 is 34.0 Å². The first kappa shape index (κ1) is 20.0. The zero-order chi connectivity index (χ0) is 19.1. The largest absolute Gasteiger partial charge is 0.489 e. The van der Waals surface area contributed by atoms with Gasteiger partial charge in [-0.15, -0.1) is 0 Å². The molecule has 142 valence electrons. The highest BCUT2D eigenvalue weighted by Crippen LogP contribution is 2.29. The second kappa shape index (κ2) is 9.95. The van der Waals surface area contributed by atoms with E-state index in [2.05, 4.69) is 23.5 Å². The molecule has 27 heavy (non-hydrogen) atoms. The van der Waals surface area contributed by atoms with Crippen LogP contribution in [0.4, 0.5) is 0 Å². The summed E-state index contributed by atoms with van der Waals surface area (Å²) in [6, 6.07) is 17.9. The third kappa shape index (κ3) is 5.36. The number of halogens is 2. The first-order chi connectivity index (χ1) is 13.2. The van der Waals surface area contributed by atoms with E-state index < -0.39 is 0 Å². The van der Waals surface area contributed by atoms with Crippen molar-refractivity contribution in [2.24, 2.45) is 0 Å². The minimum absolute atomic E-state index is 0.230. The predicted octanol–water partition coefficient (Wildman–Crippen LogP) is 5.59. The van der Waals surface area contributed by atoms with Crippen LogP contribution < -0.4 is 10.1 Å². The van der Waals surface area contributed by atoms with Crippen LogP contribution in [0.3, 0.4) is 0 Å². The maximum atomic E-state index is 8.92. The molecule has 2 N–H and O–H groups in total. The van der Waals surface area contributed by atoms with Gasteiger partial charge >= 0.3 is 0 Å². The Morgan fingerprint density at radius 3 is 2.59 bits per heavy atom. The lowest BCUT2D eigenvalue weighted by Crippen LogP contribution is -2.16. The monoisotopic (exact) mass is 403 g/mol. The van der Waals surface area contributed by atoms with Gasteiger partial charge in [-0.2, -0.15) is 0 Å². The number of aliphatic hydroxyl groups excluding tert-OH is 1. The number of aliphatic hydroxyl groups is 1. The molecule has 0 aliphatic carbocycles. The van der Waals surface area contributed by atoms with Crippen LogP contribution in [0.5, 0.6) is 5.75 Å². The average molecular weight is 404 g/mol. The van der Waals surface area contributed by atoms with Crippen molar-refractivity contribution in [1.82, 2.24) is 5.32 Å². The van der Waals surface area contributed by atoms with Gasteiger partial charge in [0.05, 0.1) is 10.0 Å². The molecule has 0 aromatic heterocycles. The van der Waals surface area contributed by atoms with E-state index in [-0.39, 0.29) is 6.61 Å². The Morgan fingerprint density at radius 2 is 1.78 bits per heavy atom. The van der Waals surface area contributed by atoms with Crippen molar-refractivity contribution in [3.05, 3.63) is 75.8 Å². The summed E-state index contributed by atoms with van der Waals surface area (Å²) in [5.74, 6) is 0.856. The minimum Gasteiger partial charge on any atom is -0.489 e. The molecule has 0 amide bonds.